The summed E-state index contributed by atoms with van der Waals surface area (Å²) in [5.74, 6) is 2.69. The lowest BCUT2D eigenvalue weighted by atomic mass is 9.58. The predicted molar refractivity (Wildman–Crippen MR) is 78.9 cm³/mol. The first-order chi connectivity index (χ1) is 8.20. The van der Waals surface area contributed by atoms with Gasteiger partial charge in [0.15, 0.2) is 0 Å². The smallest absolute Gasteiger partial charge is 0.0130 e. The fraction of sp³-hybridized carbons (Fsp3) is 1.00. The second-order valence-electron chi connectivity index (χ2n) is 7.20. The highest BCUT2D eigenvalue weighted by Crippen LogP contribution is 2.41. The van der Waals surface area contributed by atoms with Gasteiger partial charge in [0.2, 0.25) is 0 Å². The zero-order valence-corrected chi connectivity index (χ0v) is 12.9. The molecule has 0 saturated heterocycles. The Morgan fingerprint density at radius 1 is 0.500 bits per heavy atom. The Labute approximate surface area is 113 Å². The highest BCUT2D eigenvalue weighted by Gasteiger charge is 2.48. The Hall–Kier alpha value is -0.120. The fourth-order valence-corrected chi connectivity index (χ4v) is 4.21. The molecule has 0 amide bonds. The Kier molecular flexibility index (Phi) is 5.22. The SMILES string of the molecule is CC(C)C1C(N)C(C(C)C)C(N)C(C(C)C)C1N. The van der Waals surface area contributed by atoms with E-state index in [2.05, 4.69) is 41.5 Å². The molecule has 0 bridgehead atoms. The van der Waals surface area contributed by atoms with Crippen LogP contribution in [0.25, 0.3) is 0 Å². The van der Waals surface area contributed by atoms with Crippen molar-refractivity contribution in [2.45, 2.75) is 59.7 Å². The third-order valence-corrected chi connectivity index (χ3v) is 4.98. The van der Waals surface area contributed by atoms with Gasteiger partial charge in [-0.1, -0.05) is 41.5 Å². The zero-order valence-electron chi connectivity index (χ0n) is 12.9. The van der Waals surface area contributed by atoms with Crippen LogP contribution in [0.15, 0.2) is 0 Å². The van der Waals surface area contributed by atoms with Gasteiger partial charge in [-0.05, 0) is 35.5 Å². The summed E-state index contributed by atoms with van der Waals surface area (Å²) in [6.07, 6.45) is 0. The van der Waals surface area contributed by atoms with Gasteiger partial charge in [0.25, 0.3) is 0 Å². The van der Waals surface area contributed by atoms with Crippen molar-refractivity contribution in [1.82, 2.24) is 0 Å². The highest BCUT2D eigenvalue weighted by molar-refractivity contribution is 5.05. The monoisotopic (exact) mass is 255 g/mol. The lowest BCUT2D eigenvalue weighted by Gasteiger charge is -2.52. The van der Waals surface area contributed by atoms with E-state index in [0.29, 0.717) is 35.5 Å². The van der Waals surface area contributed by atoms with E-state index in [1.165, 1.54) is 0 Å². The normalized spacial score (nSPS) is 42.0. The van der Waals surface area contributed by atoms with Gasteiger partial charge in [-0.15, -0.1) is 0 Å². The van der Waals surface area contributed by atoms with Gasteiger partial charge >= 0.3 is 0 Å². The van der Waals surface area contributed by atoms with Crippen LogP contribution >= 0.6 is 0 Å². The first kappa shape index (κ1) is 15.9. The Morgan fingerprint density at radius 2 is 0.667 bits per heavy atom. The van der Waals surface area contributed by atoms with Crippen LogP contribution in [0.3, 0.4) is 0 Å². The Bertz CT molecular complexity index is 208. The van der Waals surface area contributed by atoms with E-state index >= 15 is 0 Å². The quantitative estimate of drug-likeness (QED) is 0.719. The van der Waals surface area contributed by atoms with Crippen LogP contribution in [0.2, 0.25) is 0 Å². The molecule has 0 atom stereocenters. The van der Waals surface area contributed by atoms with Gasteiger partial charge in [-0.3, -0.25) is 0 Å². The Balaban J connectivity index is 3.10. The second-order valence-corrected chi connectivity index (χ2v) is 7.20. The van der Waals surface area contributed by atoms with E-state index in [4.69, 9.17) is 17.2 Å². The van der Waals surface area contributed by atoms with Gasteiger partial charge in [0, 0.05) is 18.1 Å². The summed E-state index contributed by atoms with van der Waals surface area (Å²) >= 11 is 0. The molecule has 0 aliphatic heterocycles. The maximum Gasteiger partial charge on any atom is 0.0130 e. The third-order valence-electron chi connectivity index (χ3n) is 4.98. The van der Waals surface area contributed by atoms with Gasteiger partial charge in [0.05, 0.1) is 0 Å². The summed E-state index contributed by atoms with van der Waals surface area (Å²) in [4.78, 5) is 0. The average molecular weight is 255 g/mol. The van der Waals surface area contributed by atoms with Gasteiger partial charge in [0.1, 0.15) is 0 Å². The molecule has 1 aliphatic rings. The molecule has 108 valence electrons. The van der Waals surface area contributed by atoms with E-state index in [0.717, 1.165) is 0 Å². The molecule has 1 rings (SSSR count). The van der Waals surface area contributed by atoms with Crippen molar-refractivity contribution in [3.63, 3.8) is 0 Å². The van der Waals surface area contributed by atoms with Crippen LogP contribution in [0.5, 0.6) is 0 Å². The first-order valence-electron chi connectivity index (χ1n) is 7.46. The third kappa shape index (κ3) is 2.73. The second kappa shape index (κ2) is 5.89. The zero-order chi connectivity index (χ0) is 14.2. The molecule has 6 N–H and O–H groups in total. The number of nitrogens with two attached hydrogens (primary N) is 3. The topological polar surface area (TPSA) is 78.1 Å². The number of hydrogen-bond donors (Lipinski definition) is 3. The van der Waals surface area contributed by atoms with Gasteiger partial charge in [-0.25, -0.2) is 0 Å². The molecule has 3 nitrogen and oxygen atoms in total. The molecule has 0 heterocycles. The Morgan fingerprint density at radius 3 is 0.778 bits per heavy atom. The molecular weight excluding hydrogens is 222 g/mol. The van der Waals surface area contributed by atoms with E-state index in [-0.39, 0.29) is 18.1 Å². The molecule has 1 fully saturated rings. The van der Waals surface area contributed by atoms with Crippen LogP contribution in [0, 0.1) is 35.5 Å². The van der Waals surface area contributed by atoms with Crippen LogP contribution in [0.1, 0.15) is 41.5 Å². The van der Waals surface area contributed by atoms with E-state index < -0.39 is 0 Å². The van der Waals surface area contributed by atoms with Gasteiger partial charge in [-0.2, -0.15) is 0 Å². The van der Waals surface area contributed by atoms with E-state index in [1.807, 2.05) is 0 Å². The first-order valence-corrected chi connectivity index (χ1v) is 7.46. The molecule has 0 spiro atoms. The number of hydrogen-bond acceptors (Lipinski definition) is 3. The summed E-state index contributed by atoms with van der Waals surface area (Å²) in [6.45, 7) is 13.4. The highest BCUT2D eigenvalue weighted by atomic mass is 14.9. The largest absolute Gasteiger partial charge is 0.327 e. The molecule has 18 heavy (non-hydrogen) atoms. The summed E-state index contributed by atoms with van der Waals surface area (Å²) < 4.78 is 0. The van der Waals surface area contributed by atoms with Crippen LogP contribution in [-0.2, 0) is 0 Å². The van der Waals surface area contributed by atoms with Crippen LogP contribution in [-0.4, -0.2) is 18.1 Å². The van der Waals surface area contributed by atoms with Crippen molar-refractivity contribution in [3.05, 3.63) is 0 Å². The summed E-state index contributed by atoms with van der Waals surface area (Å²) in [6, 6.07) is 0.389. The maximum atomic E-state index is 6.51. The molecule has 0 aromatic rings. The minimum atomic E-state index is 0.130. The molecule has 0 aromatic heterocycles. The minimum absolute atomic E-state index is 0.130. The lowest BCUT2D eigenvalue weighted by molar-refractivity contribution is 0.0318. The van der Waals surface area contributed by atoms with E-state index in [9.17, 15) is 0 Å². The maximum absolute atomic E-state index is 6.51. The lowest BCUT2D eigenvalue weighted by Crippen LogP contribution is -2.67. The predicted octanol–water partition coefficient (Wildman–Crippen LogP) is 1.80. The standard InChI is InChI=1S/C15H33N3/c1-7(2)10-13(16)11(8(3)4)15(18)12(9(5)6)14(10)17/h7-15H,16-18H2,1-6H3. The molecule has 1 aliphatic carbocycles. The van der Waals surface area contributed by atoms with Crippen LogP contribution < -0.4 is 17.2 Å². The molecule has 0 aromatic carbocycles. The van der Waals surface area contributed by atoms with Crippen molar-refractivity contribution in [3.8, 4) is 0 Å². The summed E-state index contributed by atoms with van der Waals surface area (Å²) in [5, 5.41) is 0. The average Bonchev–Trinajstić information content (AvgIpc) is 2.14. The molecular formula is C15H33N3. The van der Waals surface area contributed by atoms with Crippen LogP contribution in [0.4, 0.5) is 0 Å². The minimum Gasteiger partial charge on any atom is -0.327 e. The molecule has 0 unspecified atom stereocenters. The van der Waals surface area contributed by atoms with Crippen molar-refractivity contribution < 1.29 is 0 Å². The summed E-state index contributed by atoms with van der Waals surface area (Å²) in [7, 11) is 0. The molecule has 1 saturated carbocycles. The van der Waals surface area contributed by atoms with Crippen molar-refractivity contribution in [2.24, 2.45) is 52.7 Å². The molecule has 0 radical (unpaired) electrons. The fourth-order valence-electron chi connectivity index (χ4n) is 4.21. The molecule has 3 heteroatoms. The van der Waals surface area contributed by atoms with Crippen molar-refractivity contribution >= 4 is 0 Å². The van der Waals surface area contributed by atoms with Crippen molar-refractivity contribution in [2.75, 3.05) is 0 Å². The summed E-state index contributed by atoms with van der Waals surface area (Å²) in [5.41, 5.74) is 19.5. The number of rotatable bonds is 3. The van der Waals surface area contributed by atoms with Gasteiger partial charge < -0.3 is 17.2 Å². The van der Waals surface area contributed by atoms with Crippen molar-refractivity contribution in [1.29, 1.82) is 0 Å². The van der Waals surface area contributed by atoms with E-state index in [1.54, 1.807) is 0 Å².